The Bertz CT molecular complexity index is 1690. The number of carbonyl (C=O) groups is 2. The summed E-state index contributed by atoms with van der Waals surface area (Å²) in [6.45, 7) is 2.27. The van der Waals surface area contributed by atoms with E-state index < -0.39 is 21.8 Å². The van der Waals surface area contributed by atoms with Crippen molar-refractivity contribution in [2.24, 2.45) is 0 Å². The third-order valence-corrected chi connectivity index (χ3v) is 8.85. The van der Waals surface area contributed by atoms with Crippen molar-refractivity contribution in [3.8, 4) is 0 Å². The number of hydrogen-bond donors (Lipinski definition) is 1. The van der Waals surface area contributed by atoms with E-state index in [4.69, 9.17) is 0 Å². The van der Waals surface area contributed by atoms with Gasteiger partial charge in [-0.3, -0.25) is 19.8 Å². The fraction of sp³-hybridized carbons (Fsp3) is 0.438. The second kappa shape index (κ2) is 18.2. The van der Waals surface area contributed by atoms with E-state index in [0.29, 0.717) is 63.5 Å². The van der Waals surface area contributed by atoms with E-state index in [-0.39, 0.29) is 52.4 Å². The molecule has 0 saturated heterocycles. The molecule has 2 atom stereocenters. The van der Waals surface area contributed by atoms with Crippen LogP contribution < -0.4 is 14.8 Å². The molecule has 0 aromatic carbocycles. The van der Waals surface area contributed by atoms with Crippen LogP contribution in [0.2, 0.25) is 0 Å². The molecule has 0 radical (unpaired) electrons. The first-order chi connectivity index (χ1) is 24.1. The van der Waals surface area contributed by atoms with Gasteiger partial charge in [0.05, 0.1) is 46.2 Å². The molecule has 4 aromatic rings. The number of hydrogen-bond acceptors (Lipinski definition) is 13. The average molecular weight is 753 g/mol. The van der Waals surface area contributed by atoms with E-state index in [1.165, 1.54) is 33.7 Å². The molecule has 1 fully saturated rings. The van der Waals surface area contributed by atoms with Gasteiger partial charge in [-0.05, 0) is 48.5 Å². The van der Waals surface area contributed by atoms with Crippen molar-refractivity contribution in [3.05, 3.63) is 104 Å². The first kappa shape index (κ1) is 38.7. The number of aromatic amines is 1. The van der Waals surface area contributed by atoms with Gasteiger partial charge in [0.1, 0.15) is 18.9 Å². The van der Waals surface area contributed by atoms with E-state index in [2.05, 4.69) is 29.7 Å². The number of nitrogens with one attached hydrogen (secondary N) is 1. The summed E-state index contributed by atoms with van der Waals surface area (Å²) in [7, 11) is 0. The number of aromatic nitrogens is 6. The molecule has 0 unspecified atom stereocenters. The Labute approximate surface area is 302 Å². The van der Waals surface area contributed by atoms with E-state index in [1.54, 1.807) is 36.7 Å². The molecule has 4 aromatic heterocycles. The van der Waals surface area contributed by atoms with Crippen molar-refractivity contribution in [2.75, 3.05) is 13.1 Å². The number of carboxylic acids is 2. The molecule has 19 heteroatoms. The van der Waals surface area contributed by atoms with Gasteiger partial charge in [-0.25, -0.2) is 4.57 Å². The van der Waals surface area contributed by atoms with Crippen molar-refractivity contribution in [3.63, 3.8) is 0 Å². The number of H-pyrrole nitrogens is 1. The quantitative estimate of drug-likeness (QED) is 0.0636. The van der Waals surface area contributed by atoms with Gasteiger partial charge in [0.2, 0.25) is 0 Å². The number of imidazole rings is 2. The molecule has 274 valence electrons. The van der Waals surface area contributed by atoms with E-state index >= 15 is 0 Å². The summed E-state index contributed by atoms with van der Waals surface area (Å²) in [6.07, 6.45) is 10.5. The fourth-order valence-electron chi connectivity index (χ4n) is 6.68. The number of rotatable bonds is 18. The van der Waals surface area contributed by atoms with Crippen LogP contribution in [0, 0.1) is 20.2 Å². The van der Waals surface area contributed by atoms with Crippen LogP contribution in [0.5, 0.6) is 0 Å². The predicted octanol–water partition coefficient (Wildman–Crippen LogP) is 0.626. The van der Waals surface area contributed by atoms with E-state index in [0.717, 1.165) is 25.7 Å². The maximum Gasteiger partial charge on any atom is 1.00 e. The zero-order chi connectivity index (χ0) is 35.6. The van der Waals surface area contributed by atoms with Gasteiger partial charge in [0, 0.05) is 44.7 Å². The molecular weight excluding hydrogens is 716 g/mol. The van der Waals surface area contributed by atoms with Crippen LogP contribution in [-0.4, -0.2) is 81.3 Å². The molecule has 51 heavy (non-hydrogen) atoms. The largest absolute Gasteiger partial charge is 1.00 e. The van der Waals surface area contributed by atoms with Crippen LogP contribution in [0.25, 0.3) is 0 Å². The molecule has 5 rings (SSSR count). The summed E-state index contributed by atoms with van der Waals surface area (Å²) in [5.41, 5.74) is 0.679. The number of nitrogens with zero attached hydrogens (tertiary/aromatic N) is 9. The minimum atomic E-state index is -1.39. The Morgan fingerprint density at radius 3 is 1.98 bits per heavy atom. The number of aromatic carboxylic acids is 2. The van der Waals surface area contributed by atoms with Gasteiger partial charge in [0.15, 0.2) is 12.4 Å². The van der Waals surface area contributed by atoms with Gasteiger partial charge in [-0.2, -0.15) is 9.55 Å². The number of carbonyl (C=O) groups excluding carboxylic acids is 2. The smallest absolute Gasteiger partial charge is 0.543 e. The SMILES string of the molecule is O=C([O-])c1cccc(CN(CCCn2ccnc2[N+](=O)[O-])[C@@H]2CCCC[C@H]2N(CCC[n+]2cc[nH]c2[N+](=O)[O-])Cc2cccc(C(=O)[O-])n2)n1.[Cu+]. The molecular formula is C32H37CuN10O8. The Morgan fingerprint density at radius 2 is 1.45 bits per heavy atom. The summed E-state index contributed by atoms with van der Waals surface area (Å²) in [4.78, 5) is 64.7. The van der Waals surface area contributed by atoms with Crippen LogP contribution in [-0.2, 0) is 43.2 Å². The number of pyridine rings is 2. The van der Waals surface area contributed by atoms with Crippen LogP contribution in [0.4, 0.5) is 11.9 Å². The summed E-state index contributed by atoms with van der Waals surface area (Å²) < 4.78 is 3.01. The van der Waals surface area contributed by atoms with E-state index in [1.807, 2.05) is 0 Å². The summed E-state index contributed by atoms with van der Waals surface area (Å²) >= 11 is 0. The molecule has 0 amide bonds. The molecule has 0 aliphatic heterocycles. The Morgan fingerprint density at radius 1 is 0.882 bits per heavy atom. The van der Waals surface area contributed by atoms with Crippen LogP contribution in [0.3, 0.4) is 0 Å². The van der Waals surface area contributed by atoms with Crippen molar-refractivity contribution in [1.29, 1.82) is 0 Å². The zero-order valence-corrected chi connectivity index (χ0v) is 28.4. The molecule has 18 nitrogen and oxygen atoms in total. The van der Waals surface area contributed by atoms with Gasteiger partial charge < -0.3 is 40.0 Å². The molecule has 0 spiro atoms. The minimum absolute atomic E-state index is 0. The first-order valence-corrected chi connectivity index (χ1v) is 16.3. The third kappa shape index (κ3) is 10.2. The third-order valence-electron chi connectivity index (χ3n) is 8.85. The summed E-state index contributed by atoms with van der Waals surface area (Å²) in [5, 5.41) is 46.2. The maximum atomic E-state index is 11.6. The van der Waals surface area contributed by atoms with Crippen molar-refractivity contribution >= 4 is 23.8 Å². The number of aryl methyl sites for hydroxylation is 2. The molecule has 1 aliphatic carbocycles. The fourth-order valence-corrected chi connectivity index (χ4v) is 6.68. The maximum absolute atomic E-state index is 11.6. The van der Waals surface area contributed by atoms with Crippen LogP contribution in [0.15, 0.2) is 61.2 Å². The number of carboxylic acid groups (broad SMARTS) is 2. The van der Waals surface area contributed by atoms with Gasteiger partial charge in [-0.1, -0.05) is 30.0 Å². The Hall–Kier alpha value is -5.10. The predicted molar refractivity (Wildman–Crippen MR) is 170 cm³/mol. The summed E-state index contributed by atoms with van der Waals surface area (Å²) in [5.74, 6) is -3.17. The van der Waals surface area contributed by atoms with Crippen molar-refractivity contribution in [1.82, 2.24) is 34.3 Å². The normalized spacial score (nSPS) is 15.8. The zero-order valence-electron chi connectivity index (χ0n) is 27.5. The molecule has 1 N–H and O–H groups in total. The molecule has 1 aliphatic rings. The second-order valence-corrected chi connectivity index (χ2v) is 12.1. The number of nitro groups is 2. The average Bonchev–Trinajstić information content (AvgIpc) is 3.78. The molecule has 1 saturated carbocycles. The van der Waals surface area contributed by atoms with Gasteiger partial charge in [-0.15, -0.1) is 0 Å². The topological polar surface area (TPSA) is 236 Å². The molecule has 0 bridgehead atoms. The Kier molecular flexibility index (Phi) is 13.8. The van der Waals surface area contributed by atoms with Crippen LogP contribution in [0.1, 0.15) is 70.9 Å². The summed E-state index contributed by atoms with van der Waals surface area (Å²) in [6, 6.07) is 9.30. The Balaban J connectivity index is 0.00000583. The molecule has 4 heterocycles. The first-order valence-electron chi connectivity index (χ1n) is 16.3. The monoisotopic (exact) mass is 752 g/mol. The van der Waals surface area contributed by atoms with Crippen LogP contribution >= 0.6 is 0 Å². The minimum Gasteiger partial charge on any atom is -0.543 e. The van der Waals surface area contributed by atoms with E-state index in [9.17, 15) is 40.0 Å². The van der Waals surface area contributed by atoms with Crippen molar-refractivity contribution < 1.29 is 51.3 Å². The van der Waals surface area contributed by atoms with Gasteiger partial charge in [0.25, 0.3) is 0 Å². The standard InChI is InChI=1S/C32H38N10O8.Cu/c43-29(44)25-9-3-7-23(35-25)21-39(17-5-15-37-19-13-33-31(37)41(47)48)27-11-1-2-12-28(27)40(22-24-8-4-10-26(36-24)30(45)46)18-6-16-38-20-14-34-32(38)42(49)50;/h3-4,7-10,13-14,19-20,27-28H,1-2,5-6,11-12,15-18,21-22H2,(H2,43,44,45,46);/q;+1/p-1/t27-,28-;/m1./s1. The second-order valence-electron chi connectivity index (χ2n) is 12.1. The van der Waals surface area contributed by atoms with Gasteiger partial charge >= 0.3 is 29.0 Å². The van der Waals surface area contributed by atoms with Crippen molar-refractivity contribution in [2.45, 2.75) is 76.8 Å².